The molecule has 0 aliphatic rings. The summed E-state index contributed by atoms with van der Waals surface area (Å²) in [5.74, 6) is 1.77. The first-order valence-electron chi connectivity index (χ1n) is 6.17. The molecule has 0 aliphatic carbocycles. The highest BCUT2D eigenvalue weighted by molar-refractivity contribution is 14.1. The molecule has 0 N–H and O–H groups in total. The van der Waals surface area contributed by atoms with Gasteiger partial charge in [-0.05, 0) is 99.8 Å². The van der Waals surface area contributed by atoms with Crippen LogP contribution in [-0.4, -0.2) is 0 Å². The molecule has 20 heavy (non-hydrogen) atoms. The van der Waals surface area contributed by atoms with Gasteiger partial charge < -0.3 is 0 Å². The minimum Gasteiger partial charge on any atom is -0.207 e. The number of halogens is 2. The zero-order valence-corrected chi connectivity index (χ0v) is 14.8. The first-order valence-corrected chi connectivity index (χ1v) is 8.33. The number of rotatable bonds is 2. The van der Waals surface area contributed by atoms with E-state index in [0.29, 0.717) is 0 Å². The molecule has 0 bridgehead atoms. The molecule has 0 atom stereocenters. The molecule has 0 unspecified atom stereocenters. The second kappa shape index (κ2) is 6.22. The predicted octanol–water partition coefficient (Wildman–Crippen LogP) is 6.10. The van der Waals surface area contributed by atoms with Gasteiger partial charge in [0.25, 0.3) is 0 Å². The third-order valence-corrected chi connectivity index (χ3v) is 4.41. The largest absolute Gasteiger partial charge is 0.360 e. The van der Waals surface area contributed by atoms with Crippen LogP contribution in [0.25, 0.3) is 22.6 Å². The lowest BCUT2D eigenvalue weighted by atomic mass is 10.1. The molecule has 1 aromatic heterocycles. The molecule has 0 radical (unpaired) electrons. The minimum atomic E-state index is 0.887. The van der Waals surface area contributed by atoms with Gasteiger partial charge in [0.1, 0.15) is 0 Å². The highest BCUT2D eigenvalue weighted by Crippen LogP contribution is 2.27. The Kier molecular flexibility index (Phi) is 4.35. The molecule has 98 valence electrons. The molecule has 0 amide bonds. The Morgan fingerprint density at radius 2 is 0.950 bits per heavy atom. The predicted molar refractivity (Wildman–Crippen MR) is 99.4 cm³/mol. The maximum absolute atomic E-state index is 6.02. The first-order chi connectivity index (χ1) is 9.72. The Bertz CT molecular complexity index is 658. The molecule has 3 aromatic rings. The van der Waals surface area contributed by atoms with Crippen LogP contribution < -0.4 is 0 Å². The van der Waals surface area contributed by atoms with Crippen molar-refractivity contribution in [2.75, 3.05) is 0 Å². The van der Waals surface area contributed by atoms with Crippen molar-refractivity contribution < 1.29 is 4.42 Å². The summed E-state index contributed by atoms with van der Waals surface area (Å²) >= 11 is 4.61. The van der Waals surface area contributed by atoms with Crippen LogP contribution >= 0.6 is 45.2 Å². The van der Waals surface area contributed by atoms with Crippen LogP contribution in [0.4, 0.5) is 0 Å². The molecule has 3 heteroatoms. The van der Waals surface area contributed by atoms with Gasteiger partial charge in [0.15, 0.2) is 0 Å². The summed E-state index contributed by atoms with van der Waals surface area (Å²) in [6.07, 6.45) is 0. The van der Waals surface area contributed by atoms with Gasteiger partial charge in [-0.1, -0.05) is 0 Å². The standard InChI is InChI=1S/C17H11I2O/c18-14-8-4-12(5-9-14)16-2-1-3-17(20-16)13-6-10-15(19)11-7-13/h1-11H/q+1. The number of hydrogen-bond donors (Lipinski definition) is 0. The van der Waals surface area contributed by atoms with Gasteiger partial charge >= 0.3 is 11.5 Å². The van der Waals surface area contributed by atoms with Gasteiger partial charge in [-0.15, -0.1) is 0 Å². The van der Waals surface area contributed by atoms with Gasteiger partial charge in [-0.2, -0.15) is 0 Å². The topological polar surface area (TPSA) is 11.3 Å². The maximum Gasteiger partial charge on any atom is 0.360 e. The third-order valence-electron chi connectivity index (χ3n) is 2.97. The Hall–Kier alpha value is -0.950. The summed E-state index contributed by atoms with van der Waals surface area (Å²) in [6, 6.07) is 22.7. The molecule has 1 nitrogen and oxygen atoms in total. The Morgan fingerprint density at radius 3 is 1.35 bits per heavy atom. The molecule has 0 saturated heterocycles. The molecule has 0 saturated carbocycles. The summed E-state index contributed by atoms with van der Waals surface area (Å²) in [4.78, 5) is 0. The van der Waals surface area contributed by atoms with Crippen LogP contribution in [0.1, 0.15) is 0 Å². The smallest absolute Gasteiger partial charge is 0.207 e. The zero-order chi connectivity index (χ0) is 13.9. The van der Waals surface area contributed by atoms with Crippen molar-refractivity contribution in [3.63, 3.8) is 0 Å². The second-order valence-corrected chi connectivity index (χ2v) is 6.86. The lowest BCUT2D eigenvalue weighted by molar-refractivity contribution is 0.582. The highest BCUT2D eigenvalue weighted by Gasteiger charge is 2.16. The van der Waals surface area contributed by atoms with Crippen LogP contribution in [0.2, 0.25) is 0 Å². The first kappa shape index (κ1) is 14.0. The molecule has 0 fully saturated rings. The summed E-state index contributed by atoms with van der Waals surface area (Å²) in [7, 11) is 0. The van der Waals surface area contributed by atoms with E-state index in [4.69, 9.17) is 4.42 Å². The number of hydrogen-bond acceptors (Lipinski definition) is 0. The van der Waals surface area contributed by atoms with E-state index >= 15 is 0 Å². The summed E-state index contributed by atoms with van der Waals surface area (Å²) in [6.45, 7) is 0. The highest BCUT2D eigenvalue weighted by atomic mass is 127. The van der Waals surface area contributed by atoms with Gasteiger partial charge in [0.2, 0.25) is 0 Å². The van der Waals surface area contributed by atoms with Crippen LogP contribution in [0.5, 0.6) is 0 Å². The van der Waals surface area contributed by atoms with E-state index in [-0.39, 0.29) is 0 Å². The average molecular weight is 485 g/mol. The van der Waals surface area contributed by atoms with E-state index in [1.807, 2.05) is 18.2 Å². The Labute approximate surface area is 145 Å². The van der Waals surface area contributed by atoms with Crippen molar-refractivity contribution >= 4 is 45.2 Å². The van der Waals surface area contributed by atoms with Gasteiger partial charge in [-0.3, -0.25) is 0 Å². The van der Waals surface area contributed by atoms with Crippen LogP contribution in [0, 0.1) is 7.14 Å². The fourth-order valence-electron chi connectivity index (χ4n) is 1.95. The van der Waals surface area contributed by atoms with E-state index in [9.17, 15) is 0 Å². The van der Waals surface area contributed by atoms with Crippen LogP contribution in [0.3, 0.4) is 0 Å². The van der Waals surface area contributed by atoms with Crippen molar-refractivity contribution in [2.45, 2.75) is 0 Å². The normalized spacial score (nSPS) is 10.5. The monoisotopic (exact) mass is 485 g/mol. The van der Waals surface area contributed by atoms with Crippen molar-refractivity contribution in [3.8, 4) is 22.6 Å². The lowest BCUT2D eigenvalue weighted by Crippen LogP contribution is -1.82. The fraction of sp³-hybridized carbons (Fsp3) is 0. The van der Waals surface area contributed by atoms with E-state index in [1.54, 1.807) is 0 Å². The Balaban J connectivity index is 2.01. The van der Waals surface area contributed by atoms with E-state index < -0.39 is 0 Å². The van der Waals surface area contributed by atoms with Crippen molar-refractivity contribution in [1.29, 1.82) is 0 Å². The van der Waals surface area contributed by atoms with E-state index in [2.05, 4.69) is 93.7 Å². The Morgan fingerprint density at radius 1 is 0.550 bits per heavy atom. The zero-order valence-electron chi connectivity index (χ0n) is 10.5. The summed E-state index contributed by atoms with van der Waals surface area (Å²) in [5.41, 5.74) is 2.19. The lowest BCUT2D eigenvalue weighted by Gasteiger charge is -1.96. The summed E-state index contributed by atoms with van der Waals surface area (Å²) < 4.78 is 8.47. The van der Waals surface area contributed by atoms with Crippen molar-refractivity contribution in [1.82, 2.24) is 0 Å². The van der Waals surface area contributed by atoms with Gasteiger partial charge in [0, 0.05) is 19.3 Å². The average Bonchev–Trinajstić information content (AvgIpc) is 2.49. The summed E-state index contributed by atoms with van der Waals surface area (Å²) in [5, 5.41) is 0. The van der Waals surface area contributed by atoms with Gasteiger partial charge in [0.05, 0.1) is 11.1 Å². The van der Waals surface area contributed by atoms with Crippen LogP contribution in [-0.2, 0) is 0 Å². The molecular weight excluding hydrogens is 474 g/mol. The van der Waals surface area contributed by atoms with Crippen LogP contribution in [0.15, 0.2) is 71.1 Å². The maximum atomic E-state index is 6.02. The SMILES string of the molecule is Ic1ccc(-c2cccc(-c3ccc(I)cc3)[o+]2)cc1. The fourth-order valence-corrected chi connectivity index (χ4v) is 2.67. The van der Waals surface area contributed by atoms with E-state index in [1.165, 1.54) is 7.14 Å². The molecule has 3 rings (SSSR count). The van der Waals surface area contributed by atoms with Crippen molar-refractivity contribution in [3.05, 3.63) is 73.9 Å². The molecular formula is C17H11I2O+. The van der Waals surface area contributed by atoms with Crippen molar-refractivity contribution in [2.24, 2.45) is 0 Å². The van der Waals surface area contributed by atoms with Gasteiger partial charge in [-0.25, -0.2) is 4.42 Å². The molecule has 2 aromatic carbocycles. The molecule has 1 heterocycles. The van der Waals surface area contributed by atoms with E-state index in [0.717, 1.165) is 22.6 Å². The quantitative estimate of drug-likeness (QED) is 0.316. The minimum absolute atomic E-state index is 0.887. The molecule has 0 spiro atoms. The second-order valence-electron chi connectivity index (χ2n) is 4.37. The number of benzene rings is 2. The third kappa shape index (κ3) is 3.20. The molecule has 0 aliphatic heterocycles.